The van der Waals surface area contributed by atoms with Gasteiger partial charge in [0, 0.05) is 13.1 Å². The summed E-state index contributed by atoms with van der Waals surface area (Å²) in [7, 11) is -3.28. The van der Waals surface area contributed by atoms with Crippen molar-refractivity contribution in [1.82, 2.24) is 10.2 Å². The second-order valence-corrected chi connectivity index (χ2v) is 6.23. The summed E-state index contributed by atoms with van der Waals surface area (Å²) in [5.41, 5.74) is 0. The Morgan fingerprint density at radius 3 is 2.56 bits per heavy atom. The molecule has 0 aliphatic carbocycles. The quantitative estimate of drug-likeness (QED) is 0.871. The van der Waals surface area contributed by atoms with E-state index in [9.17, 15) is 8.42 Å². The molecule has 0 radical (unpaired) electrons. The summed E-state index contributed by atoms with van der Waals surface area (Å²) in [4.78, 5) is 2.15. The van der Waals surface area contributed by atoms with Crippen molar-refractivity contribution in [2.45, 2.75) is 26.2 Å². The fraction of sp³-hybridized carbons (Fsp3) is 0.636. The predicted octanol–water partition coefficient (Wildman–Crippen LogP) is 1.23. The van der Waals surface area contributed by atoms with Crippen molar-refractivity contribution in [2.75, 3.05) is 28.5 Å². The van der Waals surface area contributed by atoms with Crippen LogP contribution in [0.3, 0.4) is 0 Å². The molecule has 0 aromatic carbocycles. The minimum atomic E-state index is -3.28. The van der Waals surface area contributed by atoms with E-state index in [-0.39, 0.29) is 11.6 Å². The zero-order valence-corrected chi connectivity index (χ0v) is 11.3. The van der Waals surface area contributed by atoms with E-state index >= 15 is 0 Å². The number of nitrogens with zero attached hydrogens (tertiary/aromatic N) is 3. The molecule has 1 saturated heterocycles. The summed E-state index contributed by atoms with van der Waals surface area (Å²) in [6.45, 7) is 3.81. The van der Waals surface area contributed by atoms with E-state index in [4.69, 9.17) is 0 Å². The van der Waals surface area contributed by atoms with E-state index in [1.54, 1.807) is 6.07 Å². The second-order valence-electron chi connectivity index (χ2n) is 4.39. The highest BCUT2D eigenvalue weighted by Crippen LogP contribution is 2.17. The number of nitrogens with one attached hydrogen (secondary N) is 1. The molecule has 0 atom stereocenters. The number of hydrogen-bond acceptors (Lipinski definition) is 5. The number of hydrogen-bond donors (Lipinski definition) is 1. The molecular formula is C11H18N4O2S. The van der Waals surface area contributed by atoms with E-state index in [2.05, 4.69) is 19.8 Å². The molecule has 2 heterocycles. The Balaban J connectivity index is 2.03. The van der Waals surface area contributed by atoms with E-state index in [0.717, 1.165) is 18.9 Å². The first kappa shape index (κ1) is 13.1. The van der Waals surface area contributed by atoms with Crippen molar-refractivity contribution in [2.24, 2.45) is 0 Å². The summed E-state index contributed by atoms with van der Waals surface area (Å²) < 4.78 is 25.5. The zero-order chi connectivity index (χ0) is 13.0. The molecule has 1 aliphatic heterocycles. The van der Waals surface area contributed by atoms with E-state index in [1.807, 2.05) is 13.0 Å². The Morgan fingerprint density at radius 1 is 1.28 bits per heavy atom. The number of sulfonamides is 1. The predicted molar refractivity (Wildman–Crippen MR) is 71.2 cm³/mol. The van der Waals surface area contributed by atoms with Crippen LogP contribution in [0.4, 0.5) is 11.6 Å². The first-order valence-corrected chi connectivity index (χ1v) is 7.85. The molecule has 0 spiro atoms. The summed E-state index contributed by atoms with van der Waals surface area (Å²) in [5.74, 6) is 1.19. The summed E-state index contributed by atoms with van der Waals surface area (Å²) in [6.07, 6.45) is 2.92. The minimum Gasteiger partial charge on any atom is -0.355 e. The lowest BCUT2D eigenvalue weighted by molar-refractivity contribution is 0.599. The Hall–Kier alpha value is -1.37. The van der Waals surface area contributed by atoms with E-state index in [1.165, 1.54) is 12.8 Å². The fourth-order valence-corrected chi connectivity index (χ4v) is 3.04. The molecule has 6 nitrogen and oxygen atoms in total. The van der Waals surface area contributed by atoms with Crippen LogP contribution < -0.4 is 9.62 Å². The van der Waals surface area contributed by atoms with Crippen LogP contribution >= 0.6 is 0 Å². The van der Waals surface area contributed by atoms with Crippen molar-refractivity contribution in [3.8, 4) is 0 Å². The van der Waals surface area contributed by atoms with Gasteiger partial charge in [-0.1, -0.05) is 6.92 Å². The molecule has 0 amide bonds. The lowest BCUT2D eigenvalue weighted by Gasteiger charge is -2.15. The van der Waals surface area contributed by atoms with Gasteiger partial charge in [-0.3, -0.25) is 4.72 Å². The van der Waals surface area contributed by atoms with E-state index < -0.39 is 10.0 Å². The van der Waals surface area contributed by atoms with Gasteiger partial charge in [0.1, 0.15) is 0 Å². The molecule has 18 heavy (non-hydrogen) atoms. The lowest BCUT2D eigenvalue weighted by atomic mass is 10.4. The smallest absolute Gasteiger partial charge is 0.233 e. The Bertz CT molecular complexity index is 480. The average Bonchev–Trinajstić information content (AvgIpc) is 2.82. The lowest BCUT2D eigenvalue weighted by Crippen LogP contribution is -2.20. The molecule has 0 unspecified atom stereocenters. The van der Waals surface area contributed by atoms with Crippen LogP contribution in [-0.2, 0) is 10.0 Å². The van der Waals surface area contributed by atoms with Gasteiger partial charge in [0.25, 0.3) is 0 Å². The zero-order valence-electron chi connectivity index (χ0n) is 10.5. The maximum absolute atomic E-state index is 11.6. The first-order chi connectivity index (χ1) is 8.61. The van der Waals surface area contributed by atoms with Crippen LogP contribution in [0.2, 0.25) is 0 Å². The molecule has 1 fully saturated rings. The molecule has 2 rings (SSSR count). The third-order valence-electron chi connectivity index (χ3n) is 2.81. The first-order valence-electron chi connectivity index (χ1n) is 6.20. The summed E-state index contributed by atoms with van der Waals surface area (Å²) in [5, 5.41) is 7.96. The average molecular weight is 270 g/mol. The van der Waals surface area contributed by atoms with Gasteiger partial charge in [-0.05, 0) is 31.4 Å². The van der Waals surface area contributed by atoms with Crippen molar-refractivity contribution < 1.29 is 8.42 Å². The maximum Gasteiger partial charge on any atom is 0.233 e. The summed E-state index contributed by atoms with van der Waals surface area (Å²) >= 11 is 0. The van der Waals surface area contributed by atoms with Gasteiger partial charge in [0.05, 0.1) is 5.75 Å². The van der Waals surface area contributed by atoms with E-state index in [0.29, 0.717) is 6.42 Å². The Morgan fingerprint density at radius 2 is 2.00 bits per heavy atom. The number of anilines is 2. The van der Waals surface area contributed by atoms with Gasteiger partial charge >= 0.3 is 0 Å². The van der Waals surface area contributed by atoms with Crippen LogP contribution in [0.15, 0.2) is 12.1 Å². The second kappa shape index (κ2) is 5.51. The highest BCUT2D eigenvalue weighted by atomic mass is 32.2. The van der Waals surface area contributed by atoms with Crippen molar-refractivity contribution in [1.29, 1.82) is 0 Å². The van der Waals surface area contributed by atoms with Crippen molar-refractivity contribution in [3.05, 3.63) is 12.1 Å². The highest BCUT2D eigenvalue weighted by Gasteiger charge is 2.15. The van der Waals surface area contributed by atoms with Gasteiger partial charge < -0.3 is 4.90 Å². The fourth-order valence-electron chi connectivity index (χ4n) is 1.97. The van der Waals surface area contributed by atoms with Crippen LogP contribution in [0.1, 0.15) is 26.2 Å². The molecule has 1 aliphatic rings. The third-order valence-corrected chi connectivity index (χ3v) is 4.28. The molecule has 1 aromatic heterocycles. The largest absolute Gasteiger partial charge is 0.355 e. The van der Waals surface area contributed by atoms with Crippen LogP contribution in [-0.4, -0.2) is 37.5 Å². The Kier molecular flexibility index (Phi) is 4.00. The Labute approximate surface area is 107 Å². The van der Waals surface area contributed by atoms with Gasteiger partial charge in [-0.25, -0.2) is 8.42 Å². The van der Waals surface area contributed by atoms with Crippen LogP contribution in [0, 0.1) is 0 Å². The van der Waals surface area contributed by atoms with Gasteiger partial charge in [0.2, 0.25) is 10.0 Å². The standard InChI is InChI=1S/C11H18N4O2S/c1-2-9-18(16,17)14-10-5-6-11(13-12-10)15-7-3-4-8-15/h5-6H,2-4,7-9H2,1H3,(H,12,14). The van der Waals surface area contributed by atoms with Crippen LogP contribution in [0.5, 0.6) is 0 Å². The molecule has 7 heteroatoms. The molecule has 0 saturated carbocycles. The third kappa shape index (κ3) is 3.32. The highest BCUT2D eigenvalue weighted by molar-refractivity contribution is 7.92. The minimum absolute atomic E-state index is 0.0998. The van der Waals surface area contributed by atoms with Crippen LogP contribution in [0.25, 0.3) is 0 Å². The SMILES string of the molecule is CCCS(=O)(=O)Nc1ccc(N2CCCC2)nn1. The number of rotatable bonds is 5. The van der Waals surface area contributed by atoms with Gasteiger partial charge in [-0.15, -0.1) is 10.2 Å². The maximum atomic E-state index is 11.6. The number of aromatic nitrogens is 2. The van der Waals surface area contributed by atoms with Gasteiger partial charge in [0.15, 0.2) is 11.6 Å². The molecular weight excluding hydrogens is 252 g/mol. The topological polar surface area (TPSA) is 75.2 Å². The van der Waals surface area contributed by atoms with Gasteiger partial charge in [-0.2, -0.15) is 0 Å². The molecule has 1 N–H and O–H groups in total. The normalized spacial score (nSPS) is 15.9. The molecule has 0 bridgehead atoms. The molecule has 1 aromatic rings. The van der Waals surface area contributed by atoms with Crippen molar-refractivity contribution in [3.63, 3.8) is 0 Å². The van der Waals surface area contributed by atoms with Crippen molar-refractivity contribution >= 4 is 21.7 Å². The molecule has 100 valence electrons. The monoisotopic (exact) mass is 270 g/mol. The summed E-state index contributed by atoms with van der Waals surface area (Å²) in [6, 6.07) is 3.47.